The lowest BCUT2D eigenvalue weighted by atomic mass is 9.99. The number of furan rings is 1. The molecule has 1 fully saturated rings. The van der Waals surface area contributed by atoms with Gasteiger partial charge in [-0.2, -0.15) is 0 Å². The first-order valence-corrected chi connectivity index (χ1v) is 11.7. The SMILES string of the molecule is CCCCN(CCCC)CCCN1C(=O)C(=O)C(=C(O)c2ccccc2)[C@@H]1c1ccco1. The van der Waals surface area contributed by atoms with Crippen LogP contribution in [0.5, 0.6) is 0 Å². The second-order valence-corrected chi connectivity index (χ2v) is 8.28. The zero-order valence-corrected chi connectivity index (χ0v) is 19.1. The molecule has 1 saturated heterocycles. The number of aliphatic hydroxyl groups is 1. The Hall–Kier alpha value is -2.86. The maximum atomic E-state index is 13.0. The molecule has 0 bridgehead atoms. The number of benzene rings is 1. The zero-order valence-electron chi connectivity index (χ0n) is 19.1. The van der Waals surface area contributed by atoms with Gasteiger partial charge in [0.25, 0.3) is 11.7 Å². The van der Waals surface area contributed by atoms with Crippen LogP contribution in [0.4, 0.5) is 0 Å². The molecule has 0 aliphatic carbocycles. The van der Waals surface area contributed by atoms with E-state index in [1.165, 1.54) is 6.26 Å². The number of carbonyl (C=O) groups excluding carboxylic acids is 2. The minimum atomic E-state index is -0.718. The van der Waals surface area contributed by atoms with Crippen molar-refractivity contribution in [1.29, 1.82) is 0 Å². The molecule has 6 heteroatoms. The molecular weight excluding hydrogens is 404 g/mol. The third-order valence-corrected chi connectivity index (χ3v) is 5.93. The second-order valence-electron chi connectivity index (χ2n) is 8.28. The maximum absolute atomic E-state index is 13.0. The Labute approximate surface area is 190 Å². The van der Waals surface area contributed by atoms with Crippen LogP contribution in [0.25, 0.3) is 5.76 Å². The Kier molecular flexibility index (Phi) is 8.68. The molecule has 0 radical (unpaired) electrons. The van der Waals surface area contributed by atoms with Crippen molar-refractivity contribution in [3.63, 3.8) is 0 Å². The summed E-state index contributed by atoms with van der Waals surface area (Å²) in [6.07, 6.45) is 6.87. The van der Waals surface area contributed by atoms with Crippen LogP contribution in [0.1, 0.15) is 63.3 Å². The van der Waals surface area contributed by atoms with Crippen molar-refractivity contribution in [2.24, 2.45) is 0 Å². The van der Waals surface area contributed by atoms with Crippen LogP contribution >= 0.6 is 0 Å². The Morgan fingerprint density at radius 3 is 2.22 bits per heavy atom. The maximum Gasteiger partial charge on any atom is 0.295 e. The number of likely N-dealkylation sites (tertiary alicyclic amines) is 1. The minimum Gasteiger partial charge on any atom is -0.507 e. The average Bonchev–Trinajstić information content (AvgIpc) is 3.43. The second kappa shape index (κ2) is 11.7. The molecule has 172 valence electrons. The largest absolute Gasteiger partial charge is 0.507 e. The van der Waals surface area contributed by atoms with Crippen molar-refractivity contribution in [2.45, 2.75) is 52.0 Å². The monoisotopic (exact) mass is 438 g/mol. The normalized spacial score (nSPS) is 18.1. The van der Waals surface area contributed by atoms with Crippen molar-refractivity contribution >= 4 is 17.4 Å². The van der Waals surface area contributed by atoms with Gasteiger partial charge in [-0.3, -0.25) is 9.59 Å². The van der Waals surface area contributed by atoms with Crippen LogP contribution in [0, 0.1) is 0 Å². The van der Waals surface area contributed by atoms with E-state index in [4.69, 9.17) is 4.42 Å². The van der Waals surface area contributed by atoms with Gasteiger partial charge in [0.1, 0.15) is 17.6 Å². The van der Waals surface area contributed by atoms with E-state index in [-0.39, 0.29) is 11.3 Å². The lowest BCUT2D eigenvalue weighted by Crippen LogP contribution is -2.34. The van der Waals surface area contributed by atoms with E-state index >= 15 is 0 Å². The van der Waals surface area contributed by atoms with E-state index in [0.717, 1.165) is 51.7 Å². The molecule has 0 unspecified atom stereocenters. The van der Waals surface area contributed by atoms with E-state index in [0.29, 0.717) is 17.9 Å². The number of hydrogen-bond acceptors (Lipinski definition) is 5. The molecule has 1 N–H and O–H groups in total. The number of carbonyl (C=O) groups is 2. The Balaban J connectivity index is 1.82. The summed E-state index contributed by atoms with van der Waals surface area (Å²) in [6, 6.07) is 11.6. The number of hydrogen-bond donors (Lipinski definition) is 1. The van der Waals surface area contributed by atoms with Crippen molar-refractivity contribution < 1.29 is 19.1 Å². The fourth-order valence-corrected chi connectivity index (χ4v) is 4.17. The van der Waals surface area contributed by atoms with Crippen molar-refractivity contribution in [3.05, 3.63) is 65.6 Å². The first kappa shape index (κ1) is 23.8. The highest BCUT2D eigenvalue weighted by Gasteiger charge is 2.47. The Morgan fingerprint density at radius 2 is 1.62 bits per heavy atom. The third-order valence-electron chi connectivity index (χ3n) is 5.93. The van der Waals surface area contributed by atoms with E-state index in [1.807, 2.05) is 6.07 Å². The average molecular weight is 439 g/mol. The lowest BCUT2D eigenvalue weighted by molar-refractivity contribution is -0.140. The van der Waals surface area contributed by atoms with Crippen molar-refractivity contribution in [3.8, 4) is 0 Å². The molecule has 1 amide bonds. The van der Waals surface area contributed by atoms with Crippen LogP contribution in [-0.2, 0) is 9.59 Å². The molecule has 1 aliphatic heterocycles. The number of rotatable bonds is 12. The molecule has 3 rings (SSSR count). The van der Waals surface area contributed by atoms with Gasteiger partial charge in [-0.1, -0.05) is 57.0 Å². The van der Waals surface area contributed by atoms with Gasteiger partial charge in [0.15, 0.2) is 0 Å². The van der Waals surface area contributed by atoms with Gasteiger partial charge < -0.3 is 19.3 Å². The van der Waals surface area contributed by atoms with Gasteiger partial charge in [-0.15, -0.1) is 0 Å². The van der Waals surface area contributed by atoms with Crippen LogP contribution in [0.2, 0.25) is 0 Å². The first-order valence-electron chi connectivity index (χ1n) is 11.7. The van der Waals surface area contributed by atoms with Gasteiger partial charge in [-0.25, -0.2) is 0 Å². The number of Topliss-reactive ketones (excluding diaryl/α,β-unsaturated/α-hetero) is 1. The van der Waals surface area contributed by atoms with E-state index in [1.54, 1.807) is 41.3 Å². The van der Waals surface area contributed by atoms with Crippen LogP contribution in [0.15, 0.2) is 58.7 Å². The van der Waals surface area contributed by atoms with Crippen LogP contribution < -0.4 is 0 Å². The predicted octanol–water partition coefficient (Wildman–Crippen LogP) is 4.99. The zero-order chi connectivity index (χ0) is 22.9. The number of unbranched alkanes of at least 4 members (excludes halogenated alkanes) is 2. The lowest BCUT2D eigenvalue weighted by Gasteiger charge is -2.26. The topological polar surface area (TPSA) is 74.0 Å². The van der Waals surface area contributed by atoms with Gasteiger partial charge in [0.05, 0.1) is 11.8 Å². The molecule has 6 nitrogen and oxygen atoms in total. The molecule has 1 aromatic carbocycles. The fourth-order valence-electron chi connectivity index (χ4n) is 4.17. The van der Waals surface area contributed by atoms with Gasteiger partial charge in [-0.05, 0) is 51.0 Å². The summed E-state index contributed by atoms with van der Waals surface area (Å²) in [7, 11) is 0. The van der Waals surface area contributed by atoms with E-state index in [9.17, 15) is 14.7 Å². The molecule has 2 heterocycles. The molecule has 1 aliphatic rings. The summed E-state index contributed by atoms with van der Waals surface area (Å²) in [6.45, 7) is 7.76. The summed E-state index contributed by atoms with van der Waals surface area (Å²) in [4.78, 5) is 29.9. The molecule has 1 atom stereocenters. The highest BCUT2D eigenvalue weighted by atomic mass is 16.3. The molecule has 0 spiro atoms. The Bertz CT molecular complexity index is 897. The molecule has 32 heavy (non-hydrogen) atoms. The fraction of sp³-hybridized carbons (Fsp3) is 0.462. The summed E-state index contributed by atoms with van der Waals surface area (Å²) >= 11 is 0. The highest BCUT2D eigenvalue weighted by molar-refractivity contribution is 6.46. The van der Waals surface area contributed by atoms with Crippen molar-refractivity contribution in [1.82, 2.24) is 9.80 Å². The standard InChI is InChI=1S/C26H34N2O4/c1-3-5-15-27(16-6-4-2)17-11-18-28-23(21-14-10-19-32-21)22(25(30)26(28)31)24(29)20-12-8-7-9-13-20/h7-10,12-14,19,23,29H,3-6,11,15-18H2,1-2H3/t23-/m0/s1. The van der Waals surface area contributed by atoms with Gasteiger partial charge in [0.2, 0.25) is 0 Å². The third kappa shape index (κ3) is 5.49. The van der Waals surface area contributed by atoms with Crippen LogP contribution in [0.3, 0.4) is 0 Å². The molecule has 0 saturated carbocycles. The summed E-state index contributed by atoms with van der Waals surface area (Å²) < 4.78 is 5.59. The minimum absolute atomic E-state index is 0.0879. The number of amides is 1. The highest BCUT2D eigenvalue weighted by Crippen LogP contribution is 2.39. The Morgan fingerprint density at radius 1 is 0.969 bits per heavy atom. The van der Waals surface area contributed by atoms with E-state index < -0.39 is 17.7 Å². The molecular formula is C26H34N2O4. The summed E-state index contributed by atoms with van der Waals surface area (Å²) in [5.74, 6) is -0.935. The number of ketones is 1. The summed E-state index contributed by atoms with van der Waals surface area (Å²) in [5.41, 5.74) is 0.595. The smallest absolute Gasteiger partial charge is 0.295 e. The first-order chi connectivity index (χ1) is 15.6. The number of aliphatic hydroxyl groups excluding tert-OH is 1. The molecule has 1 aromatic heterocycles. The predicted molar refractivity (Wildman–Crippen MR) is 125 cm³/mol. The molecule has 2 aromatic rings. The van der Waals surface area contributed by atoms with Gasteiger partial charge >= 0.3 is 0 Å². The van der Waals surface area contributed by atoms with Crippen molar-refractivity contribution in [2.75, 3.05) is 26.2 Å². The quantitative estimate of drug-likeness (QED) is 0.287. The van der Waals surface area contributed by atoms with Gasteiger partial charge in [0, 0.05) is 12.1 Å². The van der Waals surface area contributed by atoms with E-state index in [2.05, 4.69) is 18.7 Å². The van der Waals surface area contributed by atoms with Crippen LogP contribution in [-0.4, -0.2) is 52.8 Å². The summed E-state index contributed by atoms with van der Waals surface area (Å²) in [5, 5.41) is 10.9. The number of nitrogens with zero attached hydrogens (tertiary/aromatic N) is 2.